The van der Waals surface area contributed by atoms with Crippen molar-refractivity contribution in [2.75, 3.05) is 18.0 Å². The molecule has 100 valence electrons. The van der Waals surface area contributed by atoms with E-state index in [9.17, 15) is 0 Å². The van der Waals surface area contributed by atoms with E-state index in [4.69, 9.17) is 0 Å². The summed E-state index contributed by atoms with van der Waals surface area (Å²) in [4.78, 5) is 7.16. The highest BCUT2D eigenvalue weighted by molar-refractivity contribution is 5.48. The van der Waals surface area contributed by atoms with E-state index in [0.717, 1.165) is 19.6 Å². The van der Waals surface area contributed by atoms with Gasteiger partial charge >= 0.3 is 0 Å². The number of nitrogens with zero attached hydrogens (tertiary/aromatic N) is 2. The minimum atomic E-state index is 0.675. The third kappa shape index (κ3) is 3.02. The van der Waals surface area contributed by atoms with Gasteiger partial charge in [0.25, 0.3) is 0 Å². The Balaban J connectivity index is 2.19. The Labute approximate surface area is 111 Å². The van der Waals surface area contributed by atoms with Gasteiger partial charge in [0.1, 0.15) is 5.82 Å². The Morgan fingerprint density at radius 1 is 1.39 bits per heavy atom. The summed E-state index contributed by atoms with van der Waals surface area (Å²) in [6.07, 6.45) is 7.12. The first-order valence-electron chi connectivity index (χ1n) is 7.28. The van der Waals surface area contributed by atoms with Crippen molar-refractivity contribution in [1.82, 2.24) is 10.3 Å². The predicted molar refractivity (Wildman–Crippen MR) is 76.9 cm³/mol. The molecule has 1 saturated heterocycles. The molecule has 1 unspecified atom stereocenters. The summed E-state index contributed by atoms with van der Waals surface area (Å²) in [5.41, 5.74) is 1.33. The van der Waals surface area contributed by atoms with Crippen molar-refractivity contribution in [2.24, 2.45) is 0 Å². The van der Waals surface area contributed by atoms with E-state index in [1.165, 1.54) is 37.1 Å². The zero-order chi connectivity index (χ0) is 12.8. The van der Waals surface area contributed by atoms with Crippen LogP contribution in [0.4, 0.5) is 5.82 Å². The van der Waals surface area contributed by atoms with Crippen LogP contribution in [0.2, 0.25) is 0 Å². The molecule has 0 spiro atoms. The molecular formula is C15H25N3. The number of aromatic nitrogens is 1. The molecule has 1 aromatic rings. The molecule has 1 atom stereocenters. The average molecular weight is 247 g/mol. The minimum Gasteiger partial charge on any atom is -0.353 e. The summed E-state index contributed by atoms with van der Waals surface area (Å²) >= 11 is 0. The standard InChI is InChI=1S/C15H25N3/c1-3-14-9-5-6-11-18(14)15-13(12-16-4-2)8-7-10-17-15/h7-8,10,14,16H,3-6,9,11-12H2,1-2H3. The molecule has 0 aromatic carbocycles. The average Bonchev–Trinajstić information content (AvgIpc) is 2.45. The molecule has 0 aliphatic carbocycles. The van der Waals surface area contributed by atoms with Crippen LogP contribution >= 0.6 is 0 Å². The number of pyridine rings is 1. The van der Waals surface area contributed by atoms with Crippen LogP contribution in [0.1, 0.15) is 45.1 Å². The van der Waals surface area contributed by atoms with Crippen LogP contribution < -0.4 is 10.2 Å². The van der Waals surface area contributed by atoms with Gasteiger partial charge in [0.15, 0.2) is 0 Å². The second-order valence-corrected chi connectivity index (χ2v) is 5.02. The molecule has 0 amide bonds. The summed E-state index contributed by atoms with van der Waals surface area (Å²) in [5.74, 6) is 1.20. The fourth-order valence-corrected chi connectivity index (χ4v) is 2.79. The van der Waals surface area contributed by atoms with Crippen molar-refractivity contribution in [3.8, 4) is 0 Å². The molecule has 1 N–H and O–H groups in total. The van der Waals surface area contributed by atoms with Gasteiger partial charge in [-0.25, -0.2) is 4.98 Å². The van der Waals surface area contributed by atoms with Gasteiger partial charge in [-0.05, 0) is 38.3 Å². The summed E-state index contributed by atoms with van der Waals surface area (Å²) in [7, 11) is 0. The summed E-state index contributed by atoms with van der Waals surface area (Å²) in [5, 5.41) is 3.41. The highest BCUT2D eigenvalue weighted by Crippen LogP contribution is 2.27. The van der Waals surface area contributed by atoms with E-state index in [-0.39, 0.29) is 0 Å². The lowest BCUT2D eigenvalue weighted by molar-refractivity contribution is 0.445. The van der Waals surface area contributed by atoms with E-state index in [2.05, 4.69) is 35.1 Å². The summed E-state index contributed by atoms with van der Waals surface area (Å²) in [6, 6.07) is 4.92. The van der Waals surface area contributed by atoms with Crippen LogP contribution in [0.3, 0.4) is 0 Å². The Bertz CT molecular complexity index is 365. The maximum absolute atomic E-state index is 4.64. The van der Waals surface area contributed by atoms with Crippen molar-refractivity contribution < 1.29 is 0 Å². The van der Waals surface area contributed by atoms with E-state index >= 15 is 0 Å². The second kappa shape index (κ2) is 6.74. The van der Waals surface area contributed by atoms with Crippen molar-refractivity contribution in [3.63, 3.8) is 0 Å². The maximum atomic E-state index is 4.64. The molecule has 3 nitrogen and oxygen atoms in total. The van der Waals surface area contributed by atoms with E-state index in [0.29, 0.717) is 6.04 Å². The fraction of sp³-hybridized carbons (Fsp3) is 0.667. The van der Waals surface area contributed by atoms with Gasteiger partial charge in [-0.3, -0.25) is 0 Å². The third-order valence-electron chi connectivity index (χ3n) is 3.80. The van der Waals surface area contributed by atoms with E-state index < -0.39 is 0 Å². The molecule has 2 rings (SSSR count). The zero-order valence-electron chi connectivity index (χ0n) is 11.7. The molecule has 0 saturated carbocycles. The molecule has 1 aliphatic rings. The summed E-state index contributed by atoms with van der Waals surface area (Å²) < 4.78 is 0. The minimum absolute atomic E-state index is 0.675. The van der Waals surface area contributed by atoms with Crippen molar-refractivity contribution >= 4 is 5.82 Å². The van der Waals surface area contributed by atoms with Crippen LogP contribution in [0.5, 0.6) is 0 Å². The van der Waals surface area contributed by atoms with Crippen LogP contribution in [0, 0.1) is 0 Å². The number of piperidine rings is 1. The molecule has 18 heavy (non-hydrogen) atoms. The maximum Gasteiger partial charge on any atom is 0.133 e. The van der Waals surface area contributed by atoms with Crippen LogP contribution in [-0.4, -0.2) is 24.1 Å². The van der Waals surface area contributed by atoms with Crippen LogP contribution in [-0.2, 0) is 6.54 Å². The number of hydrogen-bond donors (Lipinski definition) is 1. The molecule has 1 aromatic heterocycles. The van der Waals surface area contributed by atoms with Gasteiger partial charge in [-0.2, -0.15) is 0 Å². The van der Waals surface area contributed by atoms with Crippen molar-refractivity contribution in [3.05, 3.63) is 23.9 Å². The molecule has 1 fully saturated rings. The topological polar surface area (TPSA) is 28.2 Å². The third-order valence-corrected chi connectivity index (χ3v) is 3.80. The van der Waals surface area contributed by atoms with Gasteiger partial charge in [0, 0.05) is 30.9 Å². The molecular weight excluding hydrogens is 222 g/mol. The lowest BCUT2D eigenvalue weighted by Gasteiger charge is -2.37. The fourth-order valence-electron chi connectivity index (χ4n) is 2.79. The lowest BCUT2D eigenvalue weighted by Crippen LogP contribution is -2.40. The second-order valence-electron chi connectivity index (χ2n) is 5.02. The SMILES string of the molecule is CCNCc1cccnc1N1CCCCC1CC. The van der Waals surface area contributed by atoms with Crippen molar-refractivity contribution in [1.29, 1.82) is 0 Å². The highest BCUT2D eigenvalue weighted by Gasteiger charge is 2.23. The normalized spacial score (nSPS) is 20.1. The monoisotopic (exact) mass is 247 g/mol. The van der Waals surface area contributed by atoms with Gasteiger partial charge in [-0.15, -0.1) is 0 Å². The smallest absolute Gasteiger partial charge is 0.133 e. The Hall–Kier alpha value is -1.09. The van der Waals surface area contributed by atoms with Crippen LogP contribution in [0.25, 0.3) is 0 Å². The largest absolute Gasteiger partial charge is 0.353 e. The zero-order valence-corrected chi connectivity index (χ0v) is 11.7. The van der Waals surface area contributed by atoms with Gasteiger partial charge < -0.3 is 10.2 Å². The molecule has 0 radical (unpaired) electrons. The first-order valence-corrected chi connectivity index (χ1v) is 7.28. The molecule has 3 heteroatoms. The Morgan fingerprint density at radius 2 is 2.28 bits per heavy atom. The molecule has 2 heterocycles. The first kappa shape index (κ1) is 13.3. The Morgan fingerprint density at radius 3 is 3.06 bits per heavy atom. The van der Waals surface area contributed by atoms with Gasteiger partial charge in [-0.1, -0.05) is 19.9 Å². The van der Waals surface area contributed by atoms with E-state index in [1.807, 2.05) is 12.3 Å². The predicted octanol–water partition coefficient (Wildman–Crippen LogP) is 2.96. The van der Waals surface area contributed by atoms with Gasteiger partial charge in [0.05, 0.1) is 0 Å². The lowest BCUT2D eigenvalue weighted by atomic mass is 9.99. The number of rotatable bonds is 5. The molecule has 1 aliphatic heterocycles. The highest BCUT2D eigenvalue weighted by atomic mass is 15.2. The van der Waals surface area contributed by atoms with Gasteiger partial charge in [0.2, 0.25) is 0 Å². The Kier molecular flexibility index (Phi) is 5.00. The number of hydrogen-bond acceptors (Lipinski definition) is 3. The van der Waals surface area contributed by atoms with Crippen molar-refractivity contribution in [2.45, 2.75) is 52.1 Å². The number of nitrogens with one attached hydrogen (secondary N) is 1. The van der Waals surface area contributed by atoms with E-state index in [1.54, 1.807) is 0 Å². The summed E-state index contributed by atoms with van der Waals surface area (Å²) in [6.45, 7) is 7.52. The molecule has 0 bridgehead atoms. The number of anilines is 1. The first-order chi connectivity index (χ1) is 8.86. The quantitative estimate of drug-likeness (QED) is 0.867. The van der Waals surface area contributed by atoms with Crippen LogP contribution in [0.15, 0.2) is 18.3 Å².